The normalized spacial score (nSPS) is 11.7. The van der Waals surface area contributed by atoms with E-state index in [1.54, 1.807) is 16.4 Å². The zero-order chi connectivity index (χ0) is 21.7. The van der Waals surface area contributed by atoms with Gasteiger partial charge in [-0.15, -0.1) is 5.10 Å². The first-order valence-electron chi connectivity index (χ1n) is 10.2. The first-order valence-corrected chi connectivity index (χ1v) is 10.6. The summed E-state index contributed by atoms with van der Waals surface area (Å²) in [4.78, 5) is 15.3. The third-order valence-electron chi connectivity index (χ3n) is 4.91. The molecule has 0 amide bonds. The number of fused-ring (bicyclic) bond motifs is 3. The van der Waals surface area contributed by atoms with Crippen molar-refractivity contribution < 1.29 is 4.74 Å². The zero-order valence-electron chi connectivity index (χ0n) is 17.7. The Labute approximate surface area is 180 Å². The van der Waals surface area contributed by atoms with E-state index in [1.807, 2.05) is 28.7 Å². The monoisotopic (exact) mass is 428 g/mol. The van der Waals surface area contributed by atoms with Crippen LogP contribution in [0.4, 0.5) is 0 Å². The minimum atomic E-state index is -0.0788. The van der Waals surface area contributed by atoms with Crippen molar-refractivity contribution in [3.05, 3.63) is 39.4 Å². The molecule has 0 spiro atoms. The summed E-state index contributed by atoms with van der Waals surface area (Å²) in [5.41, 5.74) is 0.675. The molecule has 30 heavy (non-hydrogen) atoms. The second-order valence-corrected chi connectivity index (χ2v) is 8.12. The van der Waals surface area contributed by atoms with Crippen LogP contribution in [-0.2, 0) is 18.0 Å². The van der Waals surface area contributed by atoms with E-state index in [4.69, 9.17) is 27.3 Å². The maximum atomic E-state index is 13.1. The zero-order valence-corrected chi connectivity index (χ0v) is 18.6. The number of benzene rings is 1. The van der Waals surface area contributed by atoms with Gasteiger partial charge in [-0.2, -0.15) is 5.26 Å². The van der Waals surface area contributed by atoms with Crippen molar-refractivity contribution in [2.45, 2.75) is 39.9 Å². The van der Waals surface area contributed by atoms with E-state index in [0.717, 1.165) is 12.1 Å². The number of para-hydroxylation sites is 1. The Kier molecular flexibility index (Phi) is 7.37. The Hall–Kier alpha value is -2.54. The molecule has 2 aromatic heterocycles. The number of rotatable bonds is 10. The summed E-state index contributed by atoms with van der Waals surface area (Å²) in [7, 11) is 1.65. The van der Waals surface area contributed by atoms with Crippen molar-refractivity contribution in [1.29, 1.82) is 5.26 Å². The summed E-state index contributed by atoms with van der Waals surface area (Å²) in [6.07, 6.45) is 1.14. The van der Waals surface area contributed by atoms with Crippen molar-refractivity contribution in [2.24, 2.45) is 5.92 Å². The van der Waals surface area contributed by atoms with Gasteiger partial charge in [0.2, 0.25) is 10.5 Å². The molecular weight excluding hydrogens is 400 g/mol. The first-order chi connectivity index (χ1) is 14.5. The molecule has 0 aliphatic rings. The van der Waals surface area contributed by atoms with Gasteiger partial charge in [0.05, 0.1) is 23.6 Å². The Morgan fingerprint density at radius 2 is 2.10 bits per heavy atom. The summed E-state index contributed by atoms with van der Waals surface area (Å²) in [6, 6.07) is 9.68. The number of nitriles is 1. The molecule has 3 rings (SSSR count). The second-order valence-electron chi connectivity index (χ2n) is 7.76. The molecule has 1 aromatic carbocycles. The van der Waals surface area contributed by atoms with Crippen LogP contribution >= 0.6 is 12.2 Å². The van der Waals surface area contributed by atoms with Gasteiger partial charge in [0.25, 0.3) is 5.56 Å². The van der Waals surface area contributed by atoms with Gasteiger partial charge in [-0.3, -0.25) is 18.7 Å². The molecule has 0 fully saturated rings. The molecule has 2 heterocycles. The molecule has 0 atom stereocenters. The van der Waals surface area contributed by atoms with Gasteiger partial charge >= 0.3 is 0 Å². The van der Waals surface area contributed by atoms with Crippen LogP contribution in [-0.4, -0.2) is 50.5 Å². The lowest BCUT2D eigenvalue weighted by atomic mass is 10.2. The SMILES string of the molecule is COCCCn1c(=O)c2ccccc2n2c(=S)n(CN(CCC#N)CC(C)C)nc12. The van der Waals surface area contributed by atoms with Crippen molar-refractivity contribution in [1.82, 2.24) is 23.6 Å². The average Bonchev–Trinajstić information content (AvgIpc) is 3.04. The van der Waals surface area contributed by atoms with Crippen LogP contribution in [0.25, 0.3) is 16.7 Å². The predicted octanol–water partition coefficient (Wildman–Crippen LogP) is 3.05. The molecule has 3 aromatic rings. The van der Waals surface area contributed by atoms with Crippen molar-refractivity contribution in [3.63, 3.8) is 0 Å². The molecule has 8 nitrogen and oxygen atoms in total. The minimum absolute atomic E-state index is 0.0788. The highest BCUT2D eigenvalue weighted by Crippen LogP contribution is 2.15. The average molecular weight is 429 g/mol. The Balaban J connectivity index is 2.13. The first kappa shape index (κ1) is 22.2. The van der Waals surface area contributed by atoms with Crippen molar-refractivity contribution in [2.75, 3.05) is 26.8 Å². The predicted molar refractivity (Wildman–Crippen MR) is 119 cm³/mol. The Bertz CT molecular complexity index is 1170. The maximum Gasteiger partial charge on any atom is 0.262 e. The molecule has 0 radical (unpaired) electrons. The lowest BCUT2D eigenvalue weighted by molar-refractivity contribution is 0.187. The number of hydrogen-bond acceptors (Lipinski definition) is 6. The molecule has 0 saturated carbocycles. The molecule has 9 heteroatoms. The fraction of sp³-hybridized carbons (Fsp3) is 0.524. The van der Waals surface area contributed by atoms with Gasteiger partial charge in [-0.25, -0.2) is 4.68 Å². The third kappa shape index (κ3) is 4.61. The highest BCUT2D eigenvalue weighted by Gasteiger charge is 2.17. The molecule has 0 N–H and O–H groups in total. The Morgan fingerprint density at radius 3 is 2.80 bits per heavy atom. The van der Waals surface area contributed by atoms with E-state index in [0.29, 0.717) is 61.1 Å². The van der Waals surface area contributed by atoms with E-state index >= 15 is 0 Å². The summed E-state index contributed by atoms with van der Waals surface area (Å²) in [6.45, 7) is 7.29. The van der Waals surface area contributed by atoms with E-state index in [9.17, 15) is 4.79 Å². The largest absolute Gasteiger partial charge is 0.385 e. The molecule has 160 valence electrons. The smallest absolute Gasteiger partial charge is 0.262 e. The van der Waals surface area contributed by atoms with E-state index in [2.05, 4.69) is 24.8 Å². The van der Waals surface area contributed by atoms with Crippen LogP contribution in [0.15, 0.2) is 29.1 Å². The highest BCUT2D eigenvalue weighted by molar-refractivity contribution is 7.71. The lowest BCUT2D eigenvalue weighted by Gasteiger charge is -2.22. The summed E-state index contributed by atoms with van der Waals surface area (Å²) in [5, 5.41) is 14.3. The van der Waals surface area contributed by atoms with Crippen molar-refractivity contribution >= 4 is 28.9 Å². The number of hydrogen-bond donors (Lipinski definition) is 0. The van der Waals surface area contributed by atoms with Gasteiger partial charge in [0, 0.05) is 39.8 Å². The van der Waals surface area contributed by atoms with Gasteiger partial charge in [-0.05, 0) is 36.7 Å². The van der Waals surface area contributed by atoms with E-state index < -0.39 is 0 Å². The minimum Gasteiger partial charge on any atom is -0.385 e. The number of methoxy groups -OCH3 is 1. The van der Waals surface area contributed by atoms with Gasteiger partial charge in [0.1, 0.15) is 0 Å². The van der Waals surface area contributed by atoms with Gasteiger partial charge in [-0.1, -0.05) is 26.0 Å². The maximum absolute atomic E-state index is 13.1. The molecule has 0 saturated heterocycles. The van der Waals surface area contributed by atoms with Crippen molar-refractivity contribution in [3.8, 4) is 6.07 Å². The standard InChI is InChI=1S/C21H28N6O2S/c1-16(2)14-24(11-6-10-22)15-26-21(30)27-18-9-5-4-8-17(18)19(28)25(20(27)23-26)12-7-13-29-3/h4-5,8-9,16H,6-7,11-15H2,1-3H3. The molecule has 0 bridgehead atoms. The number of aryl methyl sites for hydroxylation is 1. The number of ether oxygens (including phenoxy) is 1. The van der Waals surface area contributed by atoms with E-state index in [-0.39, 0.29) is 5.56 Å². The number of nitrogens with zero attached hydrogens (tertiary/aromatic N) is 6. The van der Waals surface area contributed by atoms with Crippen LogP contribution in [0.1, 0.15) is 26.7 Å². The molecule has 0 aliphatic carbocycles. The quantitative estimate of drug-likeness (QED) is 0.365. The van der Waals surface area contributed by atoms with Gasteiger partial charge < -0.3 is 4.74 Å². The topological polar surface area (TPSA) is 80.5 Å². The van der Waals surface area contributed by atoms with Crippen LogP contribution in [0.5, 0.6) is 0 Å². The fourth-order valence-corrected chi connectivity index (χ4v) is 3.94. The van der Waals surface area contributed by atoms with Crippen LogP contribution in [0.2, 0.25) is 0 Å². The fourth-order valence-electron chi connectivity index (χ4n) is 3.66. The lowest BCUT2D eigenvalue weighted by Crippen LogP contribution is -2.31. The van der Waals surface area contributed by atoms with Gasteiger partial charge in [0.15, 0.2) is 0 Å². The van der Waals surface area contributed by atoms with Crippen LogP contribution < -0.4 is 5.56 Å². The summed E-state index contributed by atoms with van der Waals surface area (Å²) in [5.74, 6) is 0.979. The van der Waals surface area contributed by atoms with E-state index in [1.165, 1.54) is 0 Å². The number of aromatic nitrogens is 4. The Morgan fingerprint density at radius 1 is 1.33 bits per heavy atom. The summed E-state index contributed by atoms with van der Waals surface area (Å²) < 4.78 is 11.0. The highest BCUT2D eigenvalue weighted by atomic mass is 32.1. The molecule has 0 aliphatic heterocycles. The van der Waals surface area contributed by atoms with Crippen LogP contribution in [0, 0.1) is 22.0 Å². The second kappa shape index (κ2) is 9.98. The molecular formula is C21H28N6O2S. The summed E-state index contributed by atoms with van der Waals surface area (Å²) >= 11 is 5.77. The van der Waals surface area contributed by atoms with Crippen LogP contribution in [0.3, 0.4) is 0 Å². The molecule has 0 unspecified atom stereocenters. The third-order valence-corrected chi connectivity index (χ3v) is 5.30.